The Hall–Kier alpha value is -4.85. The van der Waals surface area contributed by atoms with Crippen molar-refractivity contribution in [3.05, 3.63) is 91.3 Å². The minimum Gasteiger partial charge on any atom is -0.358 e. The molecule has 3 N–H and O–H groups in total. The molecule has 188 valence electrons. The van der Waals surface area contributed by atoms with E-state index < -0.39 is 0 Å². The second-order valence-electron chi connectivity index (χ2n) is 9.74. The van der Waals surface area contributed by atoms with Gasteiger partial charge in [-0.2, -0.15) is 5.10 Å². The van der Waals surface area contributed by atoms with Gasteiger partial charge in [-0.3, -0.25) is 15.1 Å². The molecule has 0 radical (unpaired) electrons. The molecule has 38 heavy (non-hydrogen) atoms. The Morgan fingerprint density at radius 3 is 2.74 bits per heavy atom. The van der Waals surface area contributed by atoms with Crippen molar-refractivity contribution in [2.45, 2.75) is 20.3 Å². The van der Waals surface area contributed by atoms with Crippen molar-refractivity contribution in [2.75, 3.05) is 5.32 Å². The molecule has 0 fully saturated rings. The normalized spacial score (nSPS) is 11.5. The van der Waals surface area contributed by atoms with Crippen LogP contribution in [-0.4, -0.2) is 30.1 Å². The highest BCUT2D eigenvalue weighted by Crippen LogP contribution is 2.34. The van der Waals surface area contributed by atoms with E-state index in [9.17, 15) is 4.39 Å². The van der Waals surface area contributed by atoms with E-state index in [2.05, 4.69) is 50.9 Å². The minimum absolute atomic E-state index is 0.315. The zero-order valence-electron chi connectivity index (χ0n) is 21.1. The lowest BCUT2D eigenvalue weighted by Gasteiger charge is -2.12. The van der Waals surface area contributed by atoms with Gasteiger partial charge in [0.15, 0.2) is 0 Å². The molecule has 0 aliphatic rings. The summed E-state index contributed by atoms with van der Waals surface area (Å²) in [6.07, 6.45) is 6.13. The molecule has 0 bridgehead atoms. The standard InChI is InChI=1S/C30H26FN7/c1-17(2)12-18(3)34-20-13-19(15-32-16-20)24-8-9-26-29(36-24)30(38-37-26)27-14-22-25(35-27)10-11-33-28(22)21-6-4-5-7-23(21)31/h4-11,13-17,34-35H,3,12H2,1-2H3,(H,37,38). The fourth-order valence-corrected chi connectivity index (χ4v) is 4.69. The topological polar surface area (TPSA) is 95.2 Å². The highest BCUT2D eigenvalue weighted by molar-refractivity contribution is 5.99. The Balaban J connectivity index is 1.39. The summed E-state index contributed by atoms with van der Waals surface area (Å²) in [6, 6.07) is 16.4. The summed E-state index contributed by atoms with van der Waals surface area (Å²) in [6.45, 7) is 8.44. The number of anilines is 1. The second-order valence-corrected chi connectivity index (χ2v) is 9.74. The molecule has 0 unspecified atom stereocenters. The fraction of sp³-hybridized carbons (Fsp3) is 0.133. The molecule has 6 aromatic rings. The van der Waals surface area contributed by atoms with Gasteiger partial charge in [-0.1, -0.05) is 32.6 Å². The van der Waals surface area contributed by atoms with Crippen LogP contribution in [0.5, 0.6) is 0 Å². The summed E-state index contributed by atoms with van der Waals surface area (Å²) in [5, 5.41) is 11.8. The summed E-state index contributed by atoms with van der Waals surface area (Å²) in [7, 11) is 0. The molecule has 0 spiro atoms. The number of aromatic amines is 2. The summed E-state index contributed by atoms with van der Waals surface area (Å²) in [5.41, 5.74) is 8.29. The number of allylic oxidation sites excluding steroid dienone is 1. The number of pyridine rings is 3. The third kappa shape index (κ3) is 4.41. The molecule has 6 rings (SSSR count). The first-order chi connectivity index (χ1) is 18.5. The van der Waals surface area contributed by atoms with Gasteiger partial charge in [0.25, 0.3) is 0 Å². The molecule has 0 atom stereocenters. The third-order valence-electron chi connectivity index (χ3n) is 6.35. The van der Waals surface area contributed by atoms with Gasteiger partial charge in [0.2, 0.25) is 0 Å². The highest BCUT2D eigenvalue weighted by atomic mass is 19.1. The summed E-state index contributed by atoms with van der Waals surface area (Å²) in [5.74, 6) is 0.197. The van der Waals surface area contributed by atoms with Crippen molar-refractivity contribution in [2.24, 2.45) is 5.92 Å². The van der Waals surface area contributed by atoms with Gasteiger partial charge < -0.3 is 10.3 Å². The van der Waals surface area contributed by atoms with Gasteiger partial charge >= 0.3 is 0 Å². The SMILES string of the molecule is C=C(CC(C)C)Nc1cncc(-c2ccc3[nH]nc(-c4cc5c(-c6ccccc6F)nccc5[nH]4)c3n2)c1. The Bertz CT molecular complexity index is 1800. The van der Waals surface area contributed by atoms with Crippen molar-refractivity contribution in [3.8, 4) is 33.9 Å². The molecule has 7 nitrogen and oxygen atoms in total. The van der Waals surface area contributed by atoms with Crippen LogP contribution in [0.3, 0.4) is 0 Å². The lowest BCUT2D eigenvalue weighted by Crippen LogP contribution is -2.02. The first kappa shape index (κ1) is 23.5. The summed E-state index contributed by atoms with van der Waals surface area (Å²) in [4.78, 5) is 17.2. The van der Waals surface area contributed by atoms with Crippen LogP contribution >= 0.6 is 0 Å². The van der Waals surface area contributed by atoms with Crippen LogP contribution in [0, 0.1) is 11.7 Å². The molecule has 0 amide bonds. The Labute approximate surface area is 218 Å². The van der Waals surface area contributed by atoms with Crippen molar-refractivity contribution in [1.82, 2.24) is 30.1 Å². The van der Waals surface area contributed by atoms with Crippen molar-refractivity contribution >= 4 is 27.6 Å². The van der Waals surface area contributed by atoms with E-state index in [4.69, 9.17) is 4.98 Å². The molecule has 0 saturated heterocycles. The number of rotatable bonds is 7. The predicted molar refractivity (Wildman–Crippen MR) is 150 cm³/mol. The Morgan fingerprint density at radius 2 is 1.89 bits per heavy atom. The van der Waals surface area contributed by atoms with Crippen LogP contribution in [0.1, 0.15) is 20.3 Å². The van der Waals surface area contributed by atoms with Crippen LogP contribution in [-0.2, 0) is 0 Å². The van der Waals surface area contributed by atoms with Gasteiger partial charge in [0.05, 0.1) is 34.5 Å². The smallest absolute Gasteiger partial charge is 0.135 e. The van der Waals surface area contributed by atoms with Crippen LogP contribution in [0.25, 0.3) is 55.8 Å². The average Bonchev–Trinajstić information content (AvgIpc) is 3.52. The van der Waals surface area contributed by atoms with Gasteiger partial charge in [-0.15, -0.1) is 0 Å². The van der Waals surface area contributed by atoms with Crippen LogP contribution in [0.4, 0.5) is 10.1 Å². The third-order valence-corrected chi connectivity index (χ3v) is 6.35. The van der Waals surface area contributed by atoms with E-state index in [1.54, 1.807) is 36.8 Å². The molecule has 5 aromatic heterocycles. The number of H-pyrrole nitrogens is 2. The maximum absolute atomic E-state index is 14.6. The van der Waals surface area contributed by atoms with E-state index in [1.165, 1.54) is 6.07 Å². The van der Waals surface area contributed by atoms with Gasteiger partial charge in [0.1, 0.15) is 17.0 Å². The van der Waals surface area contributed by atoms with E-state index in [0.29, 0.717) is 22.9 Å². The largest absolute Gasteiger partial charge is 0.358 e. The lowest BCUT2D eigenvalue weighted by atomic mass is 10.1. The van der Waals surface area contributed by atoms with Gasteiger partial charge in [-0.05, 0) is 54.8 Å². The number of benzene rings is 1. The average molecular weight is 504 g/mol. The van der Waals surface area contributed by atoms with Crippen LogP contribution in [0.2, 0.25) is 0 Å². The van der Waals surface area contributed by atoms with Crippen molar-refractivity contribution in [1.29, 1.82) is 0 Å². The maximum atomic E-state index is 14.6. The van der Waals surface area contributed by atoms with Crippen LogP contribution < -0.4 is 5.32 Å². The lowest BCUT2D eigenvalue weighted by molar-refractivity contribution is 0.631. The van der Waals surface area contributed by atoms with E-state index in [-0.39, 0.29) is 5.82 Å². The maximum Gasteiger partial charge on any atom is 0.135 e. The summed E-state index contributed by atoms with van der Waals surface area (Å²) >= 11 is 0. The van der Waals surface area contributed by atoms with E-state index >= 15 is 0 Å². The first-order valence-corrected chi connectivity index (χ1v) is 12.4. The number of nitrogens with one attached hydrogen (secondary N) is 3. The minimum atomic E-state index is -0.315. The molecule has 8 heteroatoms. The Kier molecular flexibility index (Phi) is 5.92. The van der Waals surface area contributed by atoms with Gasteiger partial charge in [-0.25, -0.2) is 9.37 Å². The number of halogens is 1. The molecule has 0 saturated carbocycles. The quantitative estimate of drug-likeness (QED) is 0.212. The molecular weight excluding hydrogens is 477 g/mol. The summed E-state index contributed by atoms with van der Waals surface area (Å²) < 4.78 is 14.6. The zero-order valence-corrected chi connectivity index (χ0v) is 21.1. The molecule has 0 aliphatic heterocycles. The molecule has 5 heterocycles. The Morgan fingerprint density at radius 1 is 1.03 bits per heavy atom. The number of hydrogen-bond acceptors (Lipinski definition) is 5. The number of nitrogens with zero attached hydrogens (tertiary/aromatic N) is 4. The molecule has 0 aliphatic carbocycles. The van der Waals surface area contributed by atoms with Gasteiger partial charge in [0, 0.05) is 40.1 Å². The molecule has 1 aromatic carbocycles. The molecular formula is C30H26FN7. The monoisotopic (exact) mass is 503 g/mol. The first-order valence-electron chi connectivity index (χ1n) is 12.4. The van der Waals surface area contributed by atoms with Crippen molar-refractivity contribution in [3.63, 3.8) is 0 Å². The number of hydrogen-bond donors (Lipinski definition) is 3. The number of fused-ring (bicyclic) bond motifs is 2. The second kappa shape index (κ2) is 9.55. The van der Waals surface area contributed by atoms with E-state index in [1.807, 2.05) is 30.3 Å². The van der Waals surface area contributed by atoms with Crippen molar-refractivity contribution < 1.29 is 4.39 Å². The number of aromatic nitrogens is 6. The fourth-order valence-electron chi connectivity index (χ4n) is 4.69. The van der Waals surface area contributed by atoms with E-state index in [0.717, 1.165) is 56.7 Å². The highest BCUT2D eigenvalue weighted by Gasteiger charge is 2.17. The van der Waals surface area contributed by atoms with Crippen LogP contribution in [0.15, 0.2) is 85.5 Å². The predicted octanol–water partition coefficient (Wildman–Crippen LogP) is 7.34. The zero-order chi connectivity index (χ0) is 26.2.